The van der Waals surface area contributed by atoms with Gasteiger partial charge in [-0.15, -0.1) is 0 Å². The van der Waals surface area contributed by atoms with E-state index in [4.69, 9.17) is 9.84 Å². The molecule has 0 aliphatic carbocycles. The van der Waals surface area contributed by atoms with Gasteiger partial charge in [-0.3, -0.25) is 0 Å². The van der Waals surface area contributed by atoms with Gasteiger partial charge in [0.2, 0.25) is 0 Å². The van der Waals surface area contributed by atoms with Crippen LogP contribution in [0.4, 0.5) is 14.9 Å². The van der Waals surface area contributed by atoms with E-state index in [1.54, 1.807) is 4.90 Å². The van der Waals surface area contributed by atoms with Gasteiger partial charge in [0.15, 0.2) is 0 Å². The molecule has 1 aliphatic heterocycles. The molecule has 7 heteroatoms. The number of hydrogen-bond donors (Lipinski definition) is 2. The first-order chi connectivity index (χ1) is 10.0. The normalized spacial score (nSPS) is 18.4. The van der Waals surface area contributed by atoms with Crippen molar-refractivity contribution in [2.24, 2.45) is 0 Å². The summed E-state index contributed by atoms with van der Waals surface area (Å²) in [6.07, 6.45) is 0.727. The van der Waals surface area contributed by atoms with Crippen molar-refractivity contribution in [2.75, 3.05) is 25.1 Å². The molecule has 0 aromatic heterocycles. The van der Waals surface area contributed by atoms with Gasteiger partial charge in [0.1, 0.15) is 5.82 Å². The molecule has 21 heavy (non-hydrogen) atoms. The lowest BCUT2D eigenvalue weighted by molar-refractivity contribution is 0.0143. The highest BCUT2D eigenvalue weighted by molar-refractivity contribution is 5.93. The van der Waals surface area contributed by atoms with E-state index in [-0.39, 0.29) is 17.3 Å². The summed E-state index contributed by atoms with van der Waals surface area (Å²) in [4.78, 5) is 24.7. The molecule has 1 atom stereocenters. The van der Waals surface area contributed by atoms with E-state index in [9.17, 15) is 14.0 Å². The fraction of sp³-hybridized carbons (Fsp3) is 0.429. The molecule has 0 radical (unpaired) electrons. The van der Waals surface area contributed by atoms with Gasteiger partial charge in [0.25, 0.3) is 0 Å². The van der Waals surface area contributed by atoms with Crippen molar-refractivity contribution in [3.8, 4) is 0 Å². The summed E-state index contributed by atoms with van der Waals surface area (Å²) in [5, 5.41) is 11.3. The second-order valence-electron chi connectivity index (χ2n) is 4.76. The van der Waals surface area contributed by atoms with E-state index in [2.05, 4.69) is 5.32 Å². The maximum atomic E-state index is 13.7. The van der Waals surface area contributed by atoms with E-state index in [1.165, 1.54) is 0 Å². The Morgan fingerprint density at radius 3 is 2.95 bits per heavy atom. The van der Waals surface area contributed by atoms with Crippen LogP contribution in [0.3, 0.4) is 0 Å². The van der Waals surface area contributed by atoms with Crippen molar-refractivity contribution in [3.05, 3.63) is 29.6 Å². The minimum Gasteiger partial charge on any atom is -0.478 e. The summed E-state index contributed by atoms with van der Waals surface area (Å²) < 4.78 is 19.0. The Morgan fingerprint density at radius 1 is 1.52 bits per heavy atom. The van der Waals surface area contributed by atoms with Crippen LogP contribution in [0.1, 0.15) is 23.7 Å². The summed E-state index contributed by atoms with van der Waals surface area (Å²) in [5.41, 5.74) is -0.220. The SMILES string of the molecule is CCC1COCCN1C(=O)Nc1cc(C(=O)O)ccc1F. The molecule has 0 bridgehead atoms. The van der Waals surface area contributed by atoms with Crippen LogP contribution in [0.15, 0.2) is 18.2 Å². The van der Waals surface area contributed by atoms with Crippen molar-refractivity contribution < 1.29 is 23.8 Å². The van der Waals surface area contributed by atoms with Crippen LogP contribution in [0, 0.1) is 5.82 Å². The number of urea groups is 1. The van der Waals surface area contributed by atoms with Crippen molar-refractivity contribution in [2.45, 2.75) is 19.4 Å². The van der Waals surface area contributed by atoms with Crippen LogP contribution in [0.5, 0.6) is 0 Å². The van der Waals surface area contributed by atoms with Gasteiger partial charge in [-0.05, 0) is 24.6 Å². The standard InChI is InChI=1S/C14H17FN2O4/c1-2-10-8-21-6-5-17(10)14(20)16-12-7-9(13(18)19)3-4-11(12)15/h3-4,7,10H,2,5-6,8H2,1H3,(H,16,20)(H,18,19). The number of carbonyl (C=O) groups is 2. The van der Waals surface area contributed by atoms with Crippen LogP contribution in [0.2, 0.25) is 0 Å². The van der Waals surface area contributed by atoms with Gasteiger partial charge in [0, 0.05) is 6.54 Å². The molecular weight excluding hydrogens is 279 g/mol. The number of carboxylic acids is 1. The van der Waals surface area contributed by atoms with Crippen LogP contribution < -0.4 is 5.32 Å². The smallest absolute Gasteiger partial charge is 0.335 e. The number of ether oxygens (including phenoxy) is 1. The number of morpholine rings is 1. The van der Waals surface area contributed by atoms with Crippen molar-refractivity contribution in [3.63, 3.8) is 0 Å². The Kier molecular flexibility index (Phi) is 4.74. The second kappa shape index (κ2) is 6.53. The molecule has 1 aromatic rings. The maximum Gasteiger partial charge on any atom is 0.335 e. The Balaban J connectivity index is 2.15. The van der Waals surface area contributed by atoms with E-state index in [1.807, 2.05) is 6.92 Å². The molecule has 2 N–H and O–H groups in total. The number of nitrogens with zero attached hydrogens (tertiary/aromatic N) is 1. The minimum absolute atomic E-state index is 0.0653. The summed E-state index contributed by atoms with van der Waals surface area (Å²) >= 11 is 0. The van der Waals surface area contributed by atoms with Crippen molar-refractivity contribution >= 4 is 17.7 Å². The summed E-state index contributed by atoms with van der Waals surface area (Å²) in [5.74, 6) is -1.85. The monoisotopic (exact) mass is 296 g/mol. The molecule has 2 rings (SSSR count). The summed E-state index contributed by atoms with van der Waals surface area (Å²) in [6.45, 7) is 3.24. The van der Waals surface area contributed by atoms with Gasteiger partial charge in [0.05, 0.1) is 30.5 Å². The lowest BCUT2D eigenvalue weighted by Crippen LogP contribution is -2.50. The molecule has 1 unspecified atom stereocenters. The zero-order valence-corrected chi connectivity index (χ0v) is 11.6. The van der Waals surface area contributed by atoms with Gasteiger partial charge in [-0.1, -0.05) is 6.92 Å². The topological polar surface area (TPSA) is 78.9 Å². The fourth-order valence-electron chi connectivity index (χ4n) is 2.20. The highest BCUT2D eigenvalue weighted by Crippen LogP contribution is 2.18. The zero-order valence-electron chi connectivity index (χ0n) is 11.6. The van der Waals surface area contributed by atoms with Gasteiger partial charge in [-0.25, -0.2) is 14.0 Å². The number of aromatic carboxylic acids is 1. The number of benzene rings is 1. The Hall–Kier alpha value is -2.15. The van der Waals surface area contributed by atoms with Gasteiger partial charge in [-0.2, -0.15) is 0 Å². The van der Waals surface area contributed by atoms with Crippen LogP contribution in [-0.2, 0) is 4.74 Å². The molecule has 0 saturated carbocycles. The number of hydrogen-bond acceptors (Lipinski definition) is 3. The van der Waals surface area contributed by atoms with E-state index in [0.717, 1.165) is 24.6 Å². The third-order valence-corrected chi connectivity index (χ3v) is 3.41. The zero-order chi connectivity index (χ0) is 15.4. The number of carboxylic acid groups (broad SMARTS) is 1. The number of nitrogens with one attached hydrogen (secondary N) is 1. The third kappa shape index (κ3) is 3.49. The molecule has 1 aliphatic rings. The van der Waals surface area contributed by atoms with E-state index >= 15 is 0 Å². The van der Waals surface area contributed by atoms with Gasteiger partial charge >= 0.3 is 12.0 Å². The average Bonchev–Trinajstić information content (AvgIpc) is 2.49. The Bertz CT molecular complexity index is 550. The molecule has 1 aromatic carbocycles. The molecule has 6 nitrogen and oxygen atoms in total. The lowest BCUT2D eigenvalue weighted by atomic mass is 10.2. The second-order valence-corrected chi connectivity index (χ2v) is 4.76. The largest absolute Gasteiger partial charge is 0.478 e. The number of carbonyl (C=O) groups excluding carboxylic acids is 1. The predicted molar refractivity (Wildman–Crippen MR) is 74.0 cm³/mol. The quantitative estimate of drug-likeness (QED) is 0.896. The summed E-state index contributed by atoms with van der Waals surface area (Å²) in [7, 11) is 0. The number of amides is 2. The third-order valence-electron chi connectivity index (χ3n) is 3.41. The molecule has 1 fully saturated rings. The molecule has 1 heterocycles. The number of halogens is 1. The first kappa shape index (κ1) is 15.2. The highest BCUT2D eigenvalue weighted by atomic mass is 19.1. The Labute approximate surface area is 121 Å². The van der Waals surface area contributed by atoms with Crippen molar-refractivity contribution in [1.82, 2.24) is 4.90 Å². The predicted octanol–water partition coefficient (Wildman–Crippen LogP) is 2.17. The van der Waals surface area contributed by atoms with Crippen LogP contribution in [-0.4, -0.2) is 47.8 Å². The minimum atomic E-state index is -1.18. The fourth-order valence-corrected chi connectivity index (χ4v) is 2.20. The van der Waals surface area contributed by atoms with Crippen LogP contribution in [0.25, 0.3) is 0 Å². The maximum absolute atomic E-state index is 13.7. The summed E-state index contributed by atoms with van der Waals surface area (Å²) in [6, 6.07) is 2.76. The van der Waals surface area contributed by atoms with E-state index < -0.39 is 17.8 Å². The van der Waals surface area contributed by atoms with Gasteiger partial charge < -0.3 is 20.1 Å². The first-order valence-corrected chi connectivity index (χ1v) is 6.71. The van der Waals surface area contributed by atoms with E-state index in [0.29, 0.717) is 19.8 Å². The number of anilines is 1. The van der Waals surface area contributed by atoms with Crippen molar-refractivity contribution in [1.29, 1.82) is 0 Å². The molecule has 114 valence electrons. The molecular formula is C14H17FN2O4. The first-order valence-electron chi connectivity index (χ1n) is 6.71. The lowest BCUT2D eigenvalue weighted by Gasteiger charge is -2.35. The molecule has 2 amide bonds. The highest BCUT2D eigenvalue weighted by Gasteiger charge is 2.26. The molecule has 1 saturated heterocycles. The molecule has 0 spiro atoms. The number of rotatable bonds is 3. The van der Waals surface area contributed by atoms with Crippen LogP contribution >= 0.6 is 0 Å². The average molecular weight is 296 g/mol. The Morgan fingerprint density at radius 2 is 2.29 bits per heavy atom.